The van der Waals surface area contributed by atoms with Crippen LogP contribution in [0.4, 0.5) is 0 Å². The lowest BCUT2D eigenvalue weighted by Crippen LogP contribution is -2.22. The van der Waals surface area contributed by atoms with Gasteiger partial charge in [-0.1, -0.05) is 12.1 Å². The average molecular weight is 268 g/mol. The van der Waals surface area contributed by atoms with Gasteiger partial charge in [0, 0.05) is 18.8 Å². The molecule has 0 saturated heterocycles. The predicted octanol–water partition coefficient (Wildman–Crippen LogP) is 2.81. The zero-order valence-corrected chi connectivity index (χ0v) is 11.5. The molecule has 1 atom stereocenters. The molecule has 3 aromatic rings. The highest BCUT2D eigenvalue weighted by Gasteiger charge is 2.13. The summed E-state index contributed by atoms with van der Waals surface area (Å²) in [6.45, 7) is 2.97. The molecule has 2 heterocycles. The fourth-order valence-corrected chi connectivity index (χ4v) is 2.20. The summed E-state index contributed by atoms with van der Waals surface area (Å²) in [7, 11) is 2.09. The average Bonchev–Trinajstić information content (AvgIpc) is 2.95. The van der Waals surface area contributed by atoms with Crippen LogP contribution in [0.1, 0.15) is 24.2 Å². The first-order chi connectivity index (χ1) is 9.74. The molecule has 20 heavy (non-hydrogen) atoms. The second kappa shape index (κ2) is 5.38. The van der Waals surface area contributed by atoms with Crippen LogP contribution in [-0.2, 0) is 6.54 Å². The van der Waals surface area contributed by atoms with Crippen LogP contribution in [0.25, 0.3) is 11.0 Å². The lowest BCUT2D eigenvalue weighted by atomic mass is 10.1. The second-order valence-electron chi connectivity index (χ2n) is 4.93. The Balaban J connectivity index is 1.76. The summed E-state index contributed by atoms with van der Waals surface area (Å²) in [4.78, 5) is 6.65. The molecule has 0 aliphatic carbocycles. The van der Waals surface area contributed by atoms with E-state index in [9.17, 15) is 0 Å². The smallest absolute Gasteiger partial charge is 0.135 e. The Morgan fingerprint density at radius 1 is 1.15 bits per heavy atom. The van der Waals surface area contributed by atoms with Crippen LogP contribution in [0.2, 0.25) is 0 Å². The molecule has 0 radical (unpaired) electrons. The minimum absolute atomic E-state index is 0.252. The lowest BCUT2D eigenvalue weighted by Gasteiger charge is -2.24. The van der Waals surface area contributed by atoms with E-state index in [1.165, 1.54) is 5.56 Å². The van der Waals surface area contributed by atoms with Crippen LogP contribution in [-0.4, -0.2) is 27.2 Å². The molecule has 0 fully saturated rings. The van der Waals surface area contributed by atoms with Crippen molar-refractivity contribution in [1.29, 1.82) is 0 Å². The van der Waals surface area contributed by atoms with Crippen molar-refractivity contribution < 1.29 is 4.63 Å². The summed E-state index contributed by atoms with van der Waals surface area (Å²) in [6.07, 6.45) is 1.83. The number of pyridine rings is 1. The number of hydrogen-bond donors (Lipinski definition) is 0. The molecular weight excluding hydrogens is 252 g/mol. The van der Waals surface area contributed by atoms with Gasteiger partial charge in [-0.3, -0.25) is 9.88 Å². The Bertz CT molecular complexity index is 695. The van der Waals surface area contributed by atoms with Crippen LogP contribution < -0.4 is 0 Å². The normalized spacial score (nSPS) is 12.9. The summed E-state index contributed by atoms with van der Waals surface area (Å²) in [6, 6.07) is 12.2. The minimum atomic E-state index is 0.252. The molecule has 0 saturated carbocycles. The van der Waals surface area contributed by atoms with E-state index in [2.05, 4.69) is 34.2 Å². The minimum Gasteiger partial charge on any atom is -0.294 e. The topological polar surface area (TPSA) is 55.1 Å². The van der Waals surface area contributed by atoms with Crippen molar-refractivity contribution in [2.24, 2.45) is 0 Å². The quantitative estimate of drug-likeness (QED) is 0.728. The molecule has 0 aliphatic rings. The molecule has 5 heteroatoms. The van der Waals surface area contributed by atoms with Crippen LogP contribution in [0, 0.1) is 0 Å². The number of aromatic nitrogens is 3. The summed E-state index contributed by atoms with van der Waals surface area (Å²) in [5, 5.41) is 7.68. The summed E-state index contributed by atoms with van der Waals surface area (Å²) in [5.74, 6) is 0. The highest BCUT2D eigenvalue weighted by molar-refractivity contribution is 5.73. The molecule has 3 rings (SSSR count). The lowest BCUT2D eigenvalue weighted by molar-refractivity contribution is 0.249. The number of hydrogen-bond acceptors (Lipinski definition) is 5. The summed E-state index contributed by atoms with van der Waals surface area (Å²) >= 11 is 0. The third-order valence-electron chi connectivity index (χ3n) is 3.53. The fourth-order valence-electron chi connectivity index (χ4n) is 2.20. The largest absolute Gasteiger partial charge is 0.294 e. The predicted molar refractivity (Wildman–Crippen MR) is 75.9 cm³/mol. The van der Waals surface area contributed by atoms with Crippen molar-refractivity contribution in [1.82, 2.24) is 20.2 Å². The van der Waals surface area contributed by atoms with Crippen molar-refractivity contribution in [3.8, 4) is 0 Å². The standard InChI is InChI=1S/C15H16N4O/c1-11(13-5-3-4-8-16-13)19(2)10-12-6-7-14-15(9-12)18-20-17-14/h3-9,11H,10H2,1-2H3/t11-/m0/s1. The highest BCUT2D eigenvalue weighted by Crippen LogP contribution is 2.20. The molecule has 0 unspecified atom stereocenters. The Hall–Kier alpha value is -2.27. The van der Waals surface area contributed by atoms with E-state index >= 15 is 0 Å². The van der Waals surface area contributed by atoms with Crippen molar-refractivity contribution >= 4 is 11.0 Å². The maximum Gasteiger partial charge on any atom is 0.135 e. The van der Waals surface area contributed by atoms with Gasteiger partial charge in [-0.05, 0) is 54.1 Å². The molecule has 0 aliphatic heterocycles. The number of rotatable bonds is 4. The van der Waals surface area contributed by atoms with Gasteiger partial charge < -0.3 is 0 Å². The molecule has 0 bridgehead atoms. The van der Waals surface area contributed by atoms with Gasteiger partial charge in [0.05, 0.1) is 5.69 Å². The van der Waals surface area contributed by atoms with Gasteiger partial charge in [0.25, 0.3) is 0 Å². The van der Waals surface area contributed by atoms with Crippen LogP contribution >= 0.6 is 0 Å². The van der Waals surface area contributed by atoms with Gasteiger partial charge in [-0.25, -0.2) is 4.63 Å². The van der Waals surface area contributed by atoms with Crippen molar-refractivity contribution in [3.05, 3.63) is 53.9 Å². The third-order valence-corrected chi connectivity index (χ3v) is 3.53. The Morgan fingerprint density at radius 3 is 2.80 bits per heavy atom. The molecule has 5 nitrogen and oxygen atoms in total. The zero-order chi connectivity index (χ0) is 13.9. The number of fused-ring (bicyclic) bond motifs is 1. The third kappa shape index (κ3) is 2.53. The molecule has 0 amide bonds. The van der Waals surface area contributed by atoms with Gasteiger partial charge >= 0.3 is 0 Å². The Labute approximate surface area is 117 Å². The van der Waals surface area contributed by atoms with Crippen molar-refractivity contribution in [2.75, 3.05) is 7.05 Å². The van der Waals surface area contributed by atoms with Crippen LogP contribution in [0.15, 0.2) is 47.2 Å². The molecule has 102 valence electrons. The van der Waals surface area contributed by atoms with Crippen LogP contribution in [0.3, 0.4) is 0 Å². The van der Waals surface area contributed by atoms with Gasteiger partial charge in [0.2, 0.25) is 0 Å². The van der Waals surface area contributed by atoms with E-state index in [0.29, 0.717) is 0 Å². The maximum atomic E-state index is 4.72. The first-order valence-electron chi connectivity index (χ1n) is 6.56. The van der Waals surface area contributed by atoms with Gasteiger partial charge in [0.15, 0.2) is 0 Å². The van der Waals surface area contributed by atoms with Crippen LogP contribution in [0.5, 0.6) is 0 Å². The maximum absolute atomic E-state index is 4.72. The second-order valence-corrected chi connectivity index (χ2v) is 4.93. The van der Waals surface area contributed by atoms with E-state index < -0.39 is 0 Å². The SMILES string of the molecule is C[C@@H](c1ccccn1)N(C)Cc1ccc2nonc2c1. The highest BCUT2D eigenvalue weighted by atomic mass is 16.6. The van der Waals surface area contributed by atoms with Gasteiger partial charge in [-0.15, -0.1) is 0 Å². The van der Waals surface area contributed by atoms with Gasteiger partial charge in [0.1, 0.15) is 11.0 Å². The van der Waals surface area contributed by atoms with Crippen molar-refractivity contribution in [2.45, 2.75) is 19.5 Å². The molecule has 2 aromatic heterocycles. The summed E-state index contributed by atoms with van der Waals surface area (Å²) in [5.41, 5.74) is 3.83. The monoisotopic (exact) mass is 268 g/mol. The van der Waals surface area contributed by atoms with E-state index in [0.717, 1.165) is 23.3 Å². The zero-order valence-electron chi connectivity index (χ0n) is 11.5. The van der Waals surface area contributed by atoms with E-state index in [4.69, 9.17) is 4.63 Å². The van der Waals surface area contributed by atoms with Gasteiger partial charge in [-0.2, -0.15) is 0 Å². The number of nitrogens with zero attached hydrogens (tertiary/aromatic N) is 4. The van der Waals surface area contributed by atoms with E-state index in [1.807, 2.05) is 42.6 Å². The Morgan fingerprint density at radius 2 is 2.00 bits per heavy atom. The molecular formula is C15H16N4O. The first-order valence-corrected chi connectivity index (χ1v) is 6.56. The molecule has 0 spiro atoms. The summed E-state index contributed by atoms with van der Waals surface area (Å²) < 4.78 is 4.72. The van der Waals surface area contributed by atoms with Crippen molar-refractivity contribution in [3.63, 3.8) is 0 Å². The Kier molecular flexibility index (Phi) is 3.43. The molecule has 1 aromatic carbocycles. The number of benzene rings is 1. The van der Waals surface area contributed by atoms with E-state index in [-0.39, 0.29) is 6.04 Å². The first kappa shape index (κ1) is 12.7. The molecule has 0 N–H and O–H groups in total. The fraction of sp³-hybridized carbons (Fsp3) is 0.267. The van der Waals surface area contributed by atoms with E-state index in [1.54, 1.807) is 0 Å².